The van der Waals surface area contributed by atoms with Gasteiger partial charge in [0.15, 0.2) is 0 Å². The second-order valence-electron chi connectivity index (χ2n) is 1.82. The van der Waals surface area contributed by atoms with E-state index in [0.29, 0.717) is 0 Å². The Morgan fingerprint density at radius 1 is 0.778 bits per heavy atom. The first-order valence-electron chi connectivity index (χ1n) is 2.41. The molecule has 0 N–H and O–H groups in total. The number of rotatable bonds is 0. The van der Waals surface area contributed by atoms with Crippen molar-refractivity contribution in [3.63, 3.8) is 0 Å². The Morgan fingerprint density at radius 3 is 0.778 bits per heavy atom. The largest absolute Gasteiger partial charge is 0.300 e. The van der Waals surface area contributed by atoms with Crippen molar-refractivity contribution in [2.24, 2.45) is 0 Å². The predicted molar refractivity (Wildman–Crippen MR) is 32.7 cm³/mol. The minimum Gasteiger partial charge on any atom is -0.300 e. The van der Waals surface area contributed by atoms with Crippen LogP contribution in [0.5, 0.6) is 0 Å². The van der Waals surface area contributed by atoms with Gasteiger partial charge in [-0.1, -0.05) is 0 Å². The first-order chi connectivity index (χ1) is 3.46. The van der Waals surface area contributed by atoms with Crippen molar-refractivity contribution in [3.8, 4) is 0 Å². The Labute approximate surface area is 88.5 Å². The maximum Gasteiger partial charge on any atom is 0.126 e. The van der Waals surface area contributed by atoms with Crippen LogP contribution in [0.4, 0.5) is 0 Å². The van der Waals surface area contributed by atoms with Crippen LogP contribution in [0.15, 0.2) is 0 Å². The average Bonchev–Trinajstić information content (AvgIpc) is 1.25. The molecule has 54 valence electrons. The second-order valence-corrected chi connectivity index (χ2v) is 1.82. The molecule has 0 aliphatic rings. The van der Waals surface area contributed by atoms with E-state index >= 15 is 0 Å². The van der Waals surface area contributed by atoms with Gasteiger partial charge in [-0.2, -0.15) is 0 Å². The van der Waals surface area contributed by atoms with Crippen LogP contribution in [0.25, 0.3) is 0 Å². The van der Waals surface area contributed by atoms with Gasteiger partial charge in [0.05, 0.1) is 0 Å². The quantitative estimate of drug-likeness (QED) is 0.660. The van der Waals surface area contributed by atoms with E-state index in [9.17, 15) is 9.59 Å². The van der Waals surface area contributed by atoms with Gasteiger partial charge in [-0.25, -0.2) is 0 Å². The van der Waals surface area contributed by atoms with E-state index in [2.05, 4.69) is 0 Å². The van der Waals surface area contributed by atoms with Crippen molar-refractivity contribution >= 4 is 11.6 Å². The van der Waals surface area contributed by atoms with Crippen molar-refractivity contribution in [2.45, 2.75) is 27.7 Å². The van der Waals surface area contributed by atoms with E-state index < -0.39 is 0 Å². The molecular weight excluding hydrogens is 254 g/mol. The van der Waals surface area contributed by atoms with Crippen molar-refractivity contribution in [3.05, 3.63) is 0 Å². The summed E-state index contributed by atoms with van der Waals surface area (Å²) in [5.74, 6) is 0.333. The molecule has 0 spiro atoms. The fourth-order valence-electron chi connectivity index (χ4n) is 0. The van der Waals surface area contributed by atoms with Gasteiger partial charge >= 0.3 is 0 Å². The Hall–Kier alpha value is 0.678. The molecule has 0 aromatic rings. The SMILES string of the molecule is CC(C)=O.CC(C)=O.[Sm]. The molecule has 0 rings (SSSR count). The number of hydrogen-bond donors (Lipinski definition) is 0. The van der Waals surface area contributed by atoms with Crippen LogP contribution < -0.4 is 0 Å². The molecule has 0 aromatic heterocycles. The standard InChI is InChI=1S/2C3H6O.Sm/c2*1-3(2)4;/h2*1-2H3;. The van der Waals surface area contributed by atoms with Gasteiger partial charge in [-0.05, 0) is 27.7 Å². The molecule has 0 unspecified atom stereocenters. The molecule has 0 amide bonds. The smallest absolute Gasteiger partial charge is 0.126 e. The third-order valence-corrected chi connectivity index (χ3v) is 0. The molecule has 0 bridgehead atoms. The molecule has 0 aliphatic heterocycles. The topological polar surface area (TPSA) is 34.1 Å². The molecule has 0 saturated heterocycles. The Kier molecular flexibility index (Phi) is 20.8. The summed E-state index contributed by atoms with van der Waals surface area (Å²) in [4.78, 5) is 18.9. The first-order valence-corrected chi connectivity index (χ1v) is 2.41. The molecule has 9 heavy (non-hydrogen) atoms. The summed E-state index contributed by atoms with van der Waals surface area (Å²) in [5, 5.41) is 0. The van der Waals surface area contributed by atoms with Gasteiger partial charge in [0.1, 0.15) is 11.6 Å². The number of carbonyl (C=O) groups excluding carboxylic acids is 2. The first kappa shape index (κ1) is 16.3. The third kappa shape index (κ3) is 843. The monoisotopic (exact) mass is 268 g/mol. The fourth-order valence-corrected chi connectivity index (χ4v) is 0. The molecule has 0 fully saturated rings. The maximum absolute atomic E-state index is 9.44. The molecule has 0 atom stereocenters. The zero-order chi connectivity index (χ0) is 7.15. The molecule has 0 aromatic carbocycles. The van der Waals surface area contributed by atoms with Gasteiger partial charge < -0.3 is 9.59 Å². The minimum absolute atomic E-state index is 0. The van der Waals surface area contributed by atoms with Crippen molar-refractivity contribution in [1.82, 2.24) is 0 Å². The number of ketones is 2. The Morgan fingerprint density at radius 2 is 0.778 bits per heavy atom. The van der Waals surface area contributed by atoms with Crippen LogP contribution in [0.2, 0.25) is 0 Å². The van der Waals surface area contributed by atoms with Gasteiger partial charge in [0, 0.05) is 40.4 Å². The fraction of sp³-hybridized carbons (Fsp3) is 0.667. The van der Waals surface area contributed by atoms with Crippen LogP contribution in [-0.2, 0) is 9.59 Å². The molecule has 0 saturated carbocycles. The Bertz CT molecular complexity index is 69.1. The number of hydrogen-bond acceptors (Lipinski definition) is 2. The summed E-state index contributed by atoms with van der Waals surface area (Å²) in [6, 6.07) is 0. The van der Waals surface area contributed by atoms with E-state index in [4.69, 9.17) is 0 Å². The summed E-state index contributed by atoms with van der Waals surface area (Å²) < 4.78 is 0. The van der Waals surface area contributed by atoms with Crippen LogP contribution in [-0.4, -0.2) is 11.6 Å². The van der Waals surface area contributed by atoms with Gasteiger partial charge in [0.2, 0.25) is 0 Å². The summed E-state index contributed by atoms with van der Waals surface area (Å²) >= 11 is 0. The van der Waals surface area contributed by atoms with Crippen LogP contribution in [0, 0.1) is 40.4 Å². The summed E-state index contributed by atoms with van der Waals surface area (Å²) in [7, 11) is 0. The number of carbonyl (C=O) groups is 2. The van der Waals surface area contributed by atoms with Crippen molar-refractivity contribution < 1.29 is 50.0 Å². The molecule has 0 heterocycles. The average molecular weight is 267 g/mol. The van der Waals surface area contributed by atoms with E-state index in [1.807, 2.05) is 0 Å². The Balaban J connectivity index is -0.0000000720. The second kappa shape index (κ2) is 11.5. The normalized spacial score (nSPS) is 5.78. The van der Waals surface area contributed by atoms with E-state index in [1.165, 1.54) is 27.7 Å². The van der Waals surface area contributed by atoms with Crippen LogP contribution >= 0.6 is 0 Å². The molecular formula is C6H12O2Sm. The minimum atomic E-state index is 0. The zero-order valence-corrected chi connectivity index (χ0v) is 8.84. The maximum atomic E-state index is 9.44. The van der Waals surface area contributed by atoms with E-state index in [1.54, 1.807) is 0 Å². The number of Topliss-reactive ketones (excluding diaryl/α,β-unsaturated/α-hetero) is 2. The van der Waals surface area contributed by atoms with Gasteiger partial charge in [-0.15, -0.1) is 0 Å². The van der Waals surface area contributed by atoms with Crippen LogP contribution in [0.1, 0.15) is 27.7 Å². The zero-order valence-electron chi connectivity index (χ0n) is 6.22. The molecule has 3 heteroatoms. The predicted octanol–water partition coefficient (Wildman–Crippen LogP) is 1.19. The molecule has 0 aliphatic carbocycles. The van der Waals surface area contributed by atoms with Crippen molar-refractivity contribution in [1.29, 1.82) is 0 Å². The van der Waals surface area contributed by atoms with E-state index in [0.717, 1.165) is 0 Å². The van der Waals surface area contributed by atoms with Gasteiger partial charge in [-0.3, -0.25) is 0 Å². The van der Waals surface area contributed by atoms with E-state index in [-0.39, 0.29) is 52.0 Å². The summed E-state index contributed by atoms with van der Waals surface area (Å²) in [5.41, 5.74) is 0. The molecule has 2 nitrogen and oxygen atoms in total. The van der Waals surface area contributed by atoms with Crippen LogP contribution in [0.3, 0.4) is 0 Å². The van der Waals surface area contributed by atoms with Gasteiger partial charge in [0.25, 0.3) is 0 Å². The summed E-state index contributed by atoms with van der Waals surface area (Å²) in [6.45, 7) is 6.11. The summed E-state index contributed by atoms with van der Waals surface area (Å²) in [6.07, 6.45) is 0. The van der Waals surface area contributed by atoms with Crippen molar-refractivity contribution in [2.75, 3.05) is 0 Å². The molecule has 0 radical (unpaired) electrons. The third-order valence-electron chi connectivity index (χ3n) is 0.